The molecule has 20 heavy (non-hydrogen) atoms. The van der Waals surface area contributed by atoms with Gasteiger partial charge in [0.25, 0.3) is 10.2 Å². The molecule has 1 saturated heterocycles. The summed E-state index contributed by atoms with van der Waals surface area (Å²) in [6.45, 7) is 3.25. The van der Waals surface area contributed by atoms with Crippen LogP contribution in [-0.2, 0) is 10.2 Å². The first-order valence-electron chi connectivity index (χ1n) is 7.20. The third-order valence-electron chi connectivity index (χ3n) is 3.81. The first-order chi connectivity index (χ1) is 9.57. The molecule has 0 bridgehead atoms. The van der Waals surface area contributed by atoms with Crippen LogP contribution in [-0.4, -0.2) is 42.1 Å². The second-order valence-corrected chi connectivity index (χ2v) is 7.22. The highest BCUT2D eigenvalue weighted by atomic mass is 32.2. The third-order valence-corrected chi connectivity index (χ3v) is 5.81. The molecule has 0 amide bonds. The van der Waals surface area contributed by atoms with Crippen LogP contribution in [0, 0.1) is 0 Å². The lowest BCUT2D eigenvalue weighted by Gasteiger charge is -2.29. The topological polar surface area (TPSA) is 53.5 Å². The maximum atomic E-state index is 12.7. The molecule has 0 spiro atoms. The van der Waals surface area contributed by atoms with Crippen molar-refractivity contribution < 1.29 is 8.42 Å². The first-order valence-corrected chi connectivity index (χ1v) is 8.60. The summed E-state index contributed by atoms with van der Waals surface area (Å²) in [4.78, 5) is 4.00. The van der Waals surface area contributed by atoms with Gasteiger partial charge < -0.3 is 0 Å². The number of hydrogen-bond donors (Lipinski definition) is 0. The Bertz CT molecular complexity index is 518. The molecule has 6 heteroatoms. The van der Waals surface area contributed by atoms with Crippen LogP contribution in [0.2, 0.25) is 0 Å². The van der Waals surface area contributed by atoms with Gasteiger partial charge in [0.05, 0.1) is 6.04 Å². The van der Waals surface area contributed by atoms with E-state index in [1.165, 1.54) is 4.31 Å². The SMILES string of the molecule is CCCCN(C)S(=O)(=O)N1CCCC1c1ccncc1. The quantitative estimate of drug-likeness (QED) is 0.809. The van der Waals surface area contributed by atoms with Crippen LogP contribution in [0.3, 0.4) is 0 Å². The molecule has 2 heterocycles. The lowest BCUT2D eigenvalue weighted by Crippen LogP contribution is -2.41. The first kappa shape index (κ1) is 15.4. The van der Waals surface area contributed by atoms with E-state index < -0.39 is 10.2 Å². The Morgan fingerprint density at radius 3 is 2.75 bits per heavy atom. The minimum atomic E-state index is -3.36. The highest BCUT2D eigenvalue weighted by Crippen LogP contribution is 2.34. The van der Waals surface area contributed by atoms with Crippen molar-refractivity contribution in [3.63, 3.8) is 0 Å². The average molecular weight is 297 g/mol. The van der Waals surface area contributed by atoms with Crippen molar-refractivity contribution in [3.8, 4) is 0 Å². The molecule has 112 valence electrons. The van der Waals surface area contributed by atoms with Gasteiger partial charge >= 0.3 is 0 Å². The van der Waals surface area contributed by atoms with Crippen LogP contribution in [0.25, 0.3) is 0 Å². The van der Waals surface area contributed by atoms with E-state index in [1.807, 2.05) is 12.1 Å². The molecular formula is C14H23N3O2S. The number of rotatable bonds is 6. The molecule has 1 unspecified atom stereocenters. The van der Waals surface area contributed by atoms with Crippen LogP contribution >= 0.6 is 0 Å². The van der Waals surface area contributed by atoms with E-state index >= 15 is 0 Å². The van der Waals surface area contributed by atoms with Gasteiger partial charge in [0.15, 0.2) is 0 Å². The fourth-order valence-corrected chi connectivity index (χ4v) is 4.24. The van der Waals surface area contributed by atoms with Gasteiger partial charge in [-0.1, -0.05) is 13.3 Å². The molecule has 1 fully saturated rings. The molecule has 1 aliphatic rings. The summed E-state index contributed by atoms with van der Waals surface area (Å²) in [5, 5.41) is 0. The summed E-state index contributed by atoms with van der Waals surface area (Å²) in [6, 6.07) is 3.77. The Balaban J connectivity index is 2.18. The molecule has 1 aromatic heterocycles. The van der Waals surface area contributed by atoms with Crippen molar-refractivity contribution in [2.75, 3.05) is 20.1 Å². The molecule has 1 aliphatic heterocycles. The lowest BCUT2D eigenvalue weighted by molar-refractivity contribution is 0.345. The normalized spacial score (nSPS) is 20.6. The maximum absolute atomic E-state index is 12.7. The molecule has 5 nitrogen and oxygen atoms in total. The summed E-state index contributed by atoms with van der Waals surface area (Å²) in [6.07, 6.45) is 7.12. The molecule has 0 saturated carbocycles. The fourth-order valence-electron chi connectivity index (χ4n) is 2.61. The van der Waals surface area contributed by atoms with Crippen LogP contribution in [0.1, 0.15) is 44.2 Å². The van der Waals surface area contributed by atoms with Gasteiger partial charge in [-0.3, -0.25) is 4.98 Å². The summed E-state index contributed by atoms with van der Waals surface area (Å²) >= 11 is 0. The van der Waals surface area contributed by atoms with Crippen LogP contribution in [0.4, 0.5) is 0 Å². The average Bonchev–Trinajstić information content (AvgIpc) is 2.95. The highest BCUT2D eigenvalue weighted by molar-refractivity contribution is 7.86. The number of hydrogen-bond acceptors (Lipinski definition) is 3. The molecule has 2 rings (SSSR count). The predicted octanol–water partition coefficient (Wildman–Crippen LogP) is 2.20. The Hall–Kier alpha value is -0.980. The number of aromatic nitrogens is 1. The monoisotopic (exact) mass is 297 g/mol. The smallest absolute Gasteiger partial charge is 0.265 e. The molecule has 1 atom stereocenters. The zero-order valence-electron chi connectivity index (χ0n) is 12.2. The van der Waals surface area contributed by atoms with Crippen molar-refractivity contribution in [1.29, 1.82) is 0 Å². The lowest BCUT2D eigenvalue weighted by atomic mass is 10.1. The van der Waals surface area contributed by atoms with E-state index in [0.29, 0.717) is 13.1 Å². The van der Waals surface area contributed by atoms with Gasteiger partial charge in [-0.25, -0.2) is 0 Å². The van der Waals surface area contributed by atoms with Gasteiger partial charge in [0.2, 0.25) is 0 Å². The van der Waals surface area contributed by atoms with E-state index in [-0.39, 0.29) is 6.04 Å². The second-order valence-electron chi connectivity index (χ2n) is 5.23. The molecule has 0 aliphatic carbocycles. The van der Waals surface area contributed by atoms with Gasteiger partial charge in [0.1, 0.15) is 0 Å². The van der Waals surface area contributed by atoms with E-state index in [4.69, 9.17) is 0 Å². The van der Waals surface area contributed by atoms with E-state index in [0.717, 1.165) is 31.2 Å². The van der Waals surface area contributed by atoms with Crippen molar-refractivity contribution >= 4 is 10.2 Å². The van der Waals surface area contributed by atoms with Crippen LogP contribution in [0.15, 0.2) is 24.5 Å². The number of pyridine rings is 1. The maximum Gasteiger partial charge on any atom is 0.282 e. The molecule has 0 aromatic carbocycles. The Kier molecular flexibility index (Phi) is 5.12. The molecule has 0 radical (unpaired) electrons. The van der Waals surface area contributed by atoms with Crippen molar-refractivity contribution in [1.82, 2.24) is 13.6 Å². The number of unbranched alkanes of at least 4 members (excludes halogenated alkanes) is 1. The van der Waals surface area contributed by atoms with E-state index in [9.17, 15) is 8.42 Å². The summed E-state index contributed by atoms with van der Waals surface area (Å²) in [5.41, 5.74) is 1.03. The van der Waals surface area contributed by atoms with E-state index in [1.54, 1.807) is 23.7 Å². The fraction of sp³-hybridized carbons (Fsp3) is 0.643. The molecule has 0 N–H and O–H groups in total. The van der Waals surface area contributed by atoms with Crippen LogP contribution in [0.5, 0.6) is 0 Å². The second kappa shape index (κ2) is 6.65. The molecule has 1 aromatic rings. The Morgan fingerprint density at radius 1 is 1.40 bits per heavy atom. The largest absolute Gasteiger partial charge is 0.282 e. The summed E-state index contributed by atoms with van der Waals surface area (Å²) in [7, 11) is -1.69. The van der Waals surface area contributed by atoms with Gasteiger partial charge in [-0.15, -0.1) is 0 Å². The van der Waals surface area contributed by atoms with Crippen molar-refractivity contribution in [2.45, 2.75) is 38.6 Å². The summed E-state index contributed by atoms with van der Waals surface area (Å²) < 4.78 is 28.4. The predicted molar refractivity (Wildman–Crippen MR) is 79.4 cm³/mol. The zero-order valence-corrected chi connectivity index (χ0v) is 13.0. The third kappa shape index (κ3) is 3.19. The Labute approximate surface area is 121 Å². The van der Waals surface area contributed by atoms with Crippen molar-refractivity contribution in [2.24, 2.45) is 0 Å². The number of nitrogens with zero attached hydrogens (tertiary/aromatic N) is 3. The van der Waals surface area contributed by atoms with Crippen molar-refractivity contribution in [3.05, 3.63) is 30.1 Å². The summed E-state index contributed by atoms with van der Waals surface area (Å²) in [5.74, 6) is 0. The van der Waals surface area contributed by atoms with Gasteiger partial charge in [-0.2, -0.15) is 17.0 Å². The minimum absolute atomic E-state index is 0.0490. The van der Waals surface area contributed by atoms with Crippen LogP contribution < -0.4 is 0 Å². The zero-order chi connectivity index (χ0) is 14.6. The van der Waals surface area contributed by atoms with Gasteiger partial charge in [0, 0.05) is 32.5 Å². The standard InChI is InChI=1S/C14H23N3O2S/c1-3-4-11-16(2)20(18,19)17-12-5-6-14(17)13-7-9-15-10-8-13/h7-10,14H,3-6,11-12H2,1-2H3. The highest BCUT2D eigenvalue weighted by Gasteiger charge is 2.37. The Morgan fingerprint density at radius 2 is 2.10 bits per heavy atom. The minimum Gasteiger partial charge on any atom is -0.265 e. The van der Waals surface area contributed by atoms with E-state index in [2.05, 4.69) is 11.9 Å². The molecular weight excluding hydrogens is 274 g/mol. The van der Waals surface area contributed by atoms with Gasteiger partial charge in [-0.05, 0) is 37.0 Å².